The van der Waals surface area contributed by atoms with E-state index < -0.39 is 47.4 Å². The topological polar surface area (TPSA) is 104 Å². The zero-order valence-electron chi connectivity index (χ0n) is 20.1. The maximum Gasteiger partial charge on any atom is 0.490 e. The number of nitrogens with zero attached hydrogens (tertiary/aromatic N) is 4. The summed E-state index contributed by atoms with van der Waals surface area (Å²) in [5.41, 5.74) is 2.27. The number of hydrogen-bond donors (Lipinski definition) is 2. The minimum atomic E-state index is -5.08. The van der Waals surface area contributed by atoms with Crippen molar-refractivity contribution in [1.82, 2.24) is 24.9 Å². The van der Waals surface area contributed by atoms with E-state index in [1.165, 1.54) is 21.7 Å². The number of benzene rings is 2. The molecule has 3 heterocycles. The molecule has 5 rings (SSSR count). The van der Waals surface area contributed by atoms with Crippen molar-refractivity contribution < 1.29 is 45.4 Å². The van der Waals surface area contributed by atoms with Crippen molar-refractivity contribution in [2.75, 3.05) is 6.54 Å². The van der Waals surface area contributed by atoms with Gasteiger partial charge in [-0.15, -0.1) is 0 Å². The predicted octanol–water partition coefficient (Wildman–Crippen LogP) is 4.91. The van der Waals surface area contributed by atoms with Crippen LogP contribution in [0.2, 0.25) is 0 Å². The van der Waals surface area contributed by atoms with Crippen molar-refractivity contribution in [3.05, 3.63) is 70.6 Å². The van der Waals surface area contributed by atoms with Gasteiger partial charge in [-0.25, -0.2) is 22.4 Å². The average molecular weight is 557 g/mol. The maximum atomic E-state index is 14.3. The van der Waals surface area contributed by atoms with Crippen molar-refractivity contribution in [2.45, 2.75) is 25.6 Å². The van der Waals surface area contributed by atoms with Crippen LogP contribution in [-0.2, 0) is 18.3 Å². The van der Waals surface area contributed by atoms with Gasteiger partial charge >= 0.3 is 12.1 Å². The Morgan fingerprint density at radius 3 is 2.28 bits per heavy atom. The van der Waals surface area contributed by atoms with E-state index in [-0.39, 0.29) is 23.2 Å². The number of carbonyl (C=O) groups excluding carboxylic acids is 1. The third-order valence-corrected chi connectivity index (χ3v) is 6.14. The Bertz CT molecular complexity index is 1570. The predicted molar refractivity (Wildman–Crippen MR) is 121 cm³/mol. The number of H-pyrrole nitrogens is 1. The molecule has 206 valence electrons. The molecule has 1 amide bonds. The van der Waals surface area contributed by atoms with Crippen molar-refractivity contribution in [1.29, 1.82) is 0 Å². The minimum absolute atomic E-state index is 0.0211. The highest BCUT2D eigenvalue weighted by molar-refractivity contribution is 6.05. The zero-order chi connectivity index (χ0) is 28.8. The summed E-state index contributed by atoms with van der Waals surface area (Å²) in [7, 11) is 1.61. The van der Waals surface area contributed by atoms with E-state index in [1.807, 2.05) is 0 Å². The number of aromatic amines is 1. The van der Waals surface area contributed by atoms with E-state index in [2.05, 4.69) is 15.3 Å². The summed E-state index contributed by atoms with van der Waals surface area (Å²) in [6.45, 7) is 2.03. The molecule has 15 heteroatoms. The molecule has 0 fully saturated rings. The molecule has 0 aliphatic carbocycles. The number of carboxylic acids is 1. The molecule has 2 aromatic carbocycles. The summed E-state index contributed by atoms with van der Waals surface area (Å²) in [5.74, 6) is -7.87. The second kappa shape index (κ2) is 10.0. The first kappa shape index (κ1) is 27.6. The molecule has 8 nitrogen and oxygen atoms in total. The zero-order valence-corrected chi connectivity index (χ0v) is 20.1. The Balaban J connectivity index is 0.000000448. The third kappa shape index (κ3) is 5.03. The molecule has 2 N–H and O–H groups in total. The number of aryl methyl sites for hydroxylation is 1. The van der Waals surface area contributed by atoms with Gasteiger partial charge in [-0.2, -0.15) is 23.4 Å². The number of hydrogen-bond acceptors (Lipinski definition) is 4. The van der Waals surface area contributed by atoms with Gasteiger partial charge < -0.3 is 10.0 Å². The Kier molecular flexibility index (Phi) is 7.10. The van der Waals surface area contributed by atoms with Gasteiger partial charge in [0.15, 0.2) is 23.1 Å². The number of amides is 1. The Labute approximate surface area is 214 Å². The first-order valence-corrected chi connectivity index (χ1v) is 11.2. The molecule has 0 saturated carbocycles. The Hall–Kier alpha value is -4.43. The highest BCUT2D eigenvalue weighted by Crippen LogP contribution is 2.37. The number of aromatic nitrogens is 4. The lowest BCUT2D eigenvalue weighted by atomic mass is 9.95. The van der Waals surface area contributed by atoms with Crippen LogP contribution in [-0.4, -0.2) is 54.6 Å². The van der Waals surface area contributed by atoms with E-state index in [0.29, 0.717) is 28.9 Å². The van der Waals surface area contributed by atoms with Crippen LogP contribution >= 0.6 is 0 Å². The quantitative estimate of drug-likeness (QED) is 0.269. The Morgan fingerprint density at radius 2 is 1.69 bits per heavy atom. The van der Waals surface area contributed by atoms with Gasteiger partial charge in [-0.1, -0.05) is 6.07 Å². The fourth-order valence-corrected chi connectivity index (χ4v) is 4.40. The molecule has 0 unspecified atom stereocenters. The number of fused-ring (bicyclic) bond motifs is 2. The number of halogens is 7. The normalized spacial score (nSPS) is 15.1. The minimum Gasteiger partial charge on any atom is -0.475 e. The molecular weight excluding hydrogens is 539 g/mol. The van der Waals surface area contributed by atoms with Gasteiger partial charge in [0.2, 0.25) is 0 Å². The van der Waals surface area contributed by atoms with E-state index in [1.54, 1.807) is 20.0 Å². The van der Waals surface area contributed by atoms with Gasteiger partial charge in [0.1, 0.15) is 5.82 Å². The second-order valence-electron chi connectivity index (χ2n) is 8.55. The van der Waals surface area contributed by atoms with Crippen molar-refractivity contribution in [2.24, 2.45) is 7.05 Å². The summed E-state index contributed by atoms with van der Waals surface area (Å²) in [6, 6.07) is 5.77. The van der Waals surface area contributed by atoms with Crippen LogP contribution in [0.15, 0.2) is 30.3 Å². The number of nitrogens with one attached hydrogen (secondary N) is 1. The standard InChI is InChI=1S/C22H17F4N5O.C2HF3O2/c1-10-19-12(21(30(2)29-19)11-8-14(24)18(26)15(25)9-11)6-7-31(10)22(32)20-17-13(23)4-3-5-16(17)27-28-20;3-2(4,5)1(6)7/h3-5,8-10H,6-7H2,1-2H3,(H,27,28);(H,6,7)/t10-;/m0./s1. The second-order valence-corrected chi connectivity index (χ2v) is 8.55. The van der Waals surface area contributed by atoms with E-state index in [0.717, 1.165) is 12.1 Å². The summed E-state index contributed by atoms with van der Waals surface area (Å²) in [6.07, 6.45) is -4.74. The third-order valence-electron chi connectivity index (χ3n) is 6.14. The summed E-state index contributed by atoms with van der Waals surface area (Å²) >= 11 is 0. The van der Waals surface area contributed by atoms with Crippen LogP contribution in [0, 0.1) is 23.3 Å². The Morgan fingerprint density at radius 1 is 1.08 bits per heavy atom. The van der Waals surface area contributed by atoms with Gasteiger partial charge in [-0.3, -0.25) is 14.6 Å². The fourth-order valence-electron chi connectivity index (χ4n) is 4.40. The number of carbonyl (C=O) groups is 2. The van der Waals surface area contributed by atoms with Gasteiger partial charge in [0.25, 0.3) is 5.91 Å². The van der Waals surface area contributed by atoms with E-state index >= 15 is 0 Å². The molecule has 1 aliphatic rings. The largest absolute Gasteiger partial charge is 0.490 e. The van der Waals surface area contributed by atoms with Crippen LogP contribution < -0.4 is 0 Å². The average Bonchev–Trinajstić information content (AvgIpc) is 3.44. The smallest absolute Gasteiger partial charge is 0.475 e. The molecule has 0 spiro atoms. The number of carboxylic acid groups (broad SMARTS) is 1. The van der Waals surface area contributed by atoms with Crippen LogP contribution in [0.3, 0.4) is 0 Å². The highest BCUT2D eigenvalue weighted by atomic mass is 19.4. The molecule has 2 aromatic heterocycles. The van der Waals surface area contributed by atoms with Gasteiger partial charge in [0.05, 0.1) is 28.3 Å². The van der Waals surface area contributed by atoms with Gasteiger partial charge in [0, 0.05) is 24.7 Å². The first-order chi connectivity index (χ1) is 18.2. The molecule has 0 bridgehead atoms. The van der Waals surface area contributed by atoms with E-state index in [9.17, 15) is 35.5 Å². The molecule has 39 heavy (non-hydrogen) atoms. The molecule has 1 aliphatic heterocycles. The van der Waals surface area contributed by atoms with Crippen LogP contribution in [0.25, 0.3) is 22.2 Å². The number of aliphatic carboxylic acids is 1. The lowest BCUT2D eigenvalue weighted by Crippen LogP contribution is -2.39. The monoisotopic (exact) mass is 557 g/mol. The van der Waals surface area contributed by atoms with E-state index in [4.69, 9.17) is 9.90 Å². The lowest BCUT2D eigenvalue weighted by Gasteiger charge is -2.32. The van der Waals surface area contributed by atoms with Crippen molar-refractivity contribution in [3.8, 4) is 11.3 Å². The first-order valence-electron chi connectivity index (χ1n) is 11.2. The summed E-state index contributed by atoms with van der Waals surface area (Å²) < 4.78 is 88.6. The van der Waals surface area contributed by atoms with Crippen LogP contribution in [0.1, 0.15) is 34.7 Å². The summed E-state index contributed by atoms with van der Waals surface area (Å²) in [4.78, 5) is 23.7. The summed E-state index contributed by atoms with van der Waals surface area (Å²) in [5, 5.41) is 18.4. The number of rotatable bonds is 2. The van der Waals surface area contributed by atoms with Crippen LogP contribution in [0.4, 0.5) is 30.7 Å². The molecule has 0 radical (unpaired) electrons. The molecular formula is C24H18F7N5O3. The fraction of sp³-hybridized carbons (Fsp3) is 0.250. The number of alkyl halides is 3. The van der Waals surface area contributed by atoms with Gasteiger partial charge in [-0.05, 0) is 37.6 Å². The maximum absolute atomic E-state index is 14.3. The molecule has 4 aromatic rings. The molecule has 0 saturated heterocycles. The van der Waals surface area contributed by atoms with Crippen LogP contribution in [0.5, 0.6) is 0 Å². The van der Waals surface area contributed by atoms with Crippen molar-refractivity contribution >= 4 is 22.8 Å². The highest BCUT2D eigenvalue weighted by Gasteiger charge is 2.38. The van der Waals surface area contributed by atoms with Crippen molar-refractivity contribution in [3.63, 3.8) is 0 Å². The molecule has 1 atom stereocenters. The lowest BCUT2D eigenvalue weighted by molar-refractivity contribution is -0.192. The SMILES string of the molecule is C[C@H]1c2nn(C)c(-c3cc(F)c(F)c(F)c3)c2CCN1C(=O)c1n[nH]c2cccc(F)c12.O=C(O)C(F)(F)F.